The maximum atomic E-state index is 8.86. The highest BCUT2D eigenvalue weighted by molar-refractivity contribution is 5.64. The molecule has 6 nitrogen and oxygen atoms in total. The standard InChI is InChI=1S/C9H8N6/c1-15-5-6(3-13-15)9-7(2-10)12-4-8(11)14-9/h3-5H,1H3,(H2,11,14). The van der Waals surface area contributed by atoms with Gasteiger partial charge in [-0.3, -0.25) is 4.68 Å². The van der Waals surface area contributed by atoms with Crippen molar-refractivity contribution in [2.75, 3.05) is 5.73 Å². The lowest BCUT2D eigenvalue weighted by Crippen LogP contribution is -1.97. The Labute approximate surface area is 86.0 Å². The molecule has 2 N–H and O–H groups in total. The molecule has 0 aromatic carbocycles. The molecule has 74 valence electrons. The third kappa shape index (κ3) is 1.62. The first-order valence-corrected chi connectivity index (χ1v) is 4.22. The Balaban J connectivity index is 2.61. The van der Waals surface area contributed by atoms with Crippen LogP contribution < -0.4 is 5.73 Å². The van der Waals surface area contributed by atoms with Gasteiger partial charge in [0.15, 0.2) is 5.69 Å². The zero-order valence-electron chi connectivity index (χ0n) is 8.05. The molecule has 0 amide bonds. The molecule has 0 atom stereocenters. The maximum Gasteiger partial charge on any atom is 0.167 e. The molecule has 2 aromatic heterocycles. The molecule has 0 saturated carbocycles. The molecule has 0 unspecified atom stereocenters. The van der Waals surface area contributed by atoms with E-state index in [0.29, 0.717) is 5.69 Å². The number of aryl methyl sites for hydroxylation is 1. The van der Waals surface area contributed by atoms with E-state index in [9.17, 15) is 0 Å². The summed E-state index contributed by atoms with van der Waals surface area (Å²) in [5, 5.41) is 12.9. The molecule has 0 fully saturated rings. The molecule has 0 aliphatic rings. The largest absolute Gasteiger partial charge is 0.382 e. The molecule has 0 radical (unpaired) electrons. The highest BCUT2D eigenvalue weighted by Crippen LogP contribution is 2.19. The Morgan fingerprint density at radius 2 is 2.27 bits per heavy atom. The first-order chi connectivity index (χ1) is 7.20. The molecule has 0 aliphatic carbocycles. The monoisotopic (exact) mass is 200 g/mol. The predicted molar refractivity (Wildman–Crippen MR) is 53.4 cm³/mol. The fraction of sp³-hybridized carbons (Fsp3) is 0.111. The van der Waals surface area contributed by atoms with Crippen molar-refractivity contribution >= 4 is 5.82 Å². The molecule has 2 heterocycles. The van der Waals surface area contributed by atoms with Crippen LogP contribution in [0.4, 0.5) is 5.82 Å². The van der Waals surface area contributed by atoms with Crippen LogP contribution in [0.15, 0.2) is 18.6 Å². The topological polar surface area (TPSA) is 93.4 Å². The summed E-state index contributed by atoms with van der Waals surface area (Å²) in [6.45, 7) is 0. The van der Waals surface area contributed by atoms with Gasteiger partial charge in [0.1, 0.15) is 17.6 Å². The van der Waals surface area contributed by atoms with Crippen LogP contribution in [-0.4, -0.2) is 19.7 Å². The second-order valence-corrected chi connectivity index (χ2v) is 3.01. The van der Waals surface area contributed by atoms with Crippen LogP contribution in [0.25, 0.3) is 11.3 Å². The number of nitriles is 1. The fourth-order valence-electron chi connectivity index (χ4n) is 1.23. The van der Waals surface area contributed by atoms with Crippen LogP contribution >= 0.6 is 0 Å². The number of rotatable bonds is 1. The summed E-state index contributed by atoms with van der Waals surface area (Å²) in [5.41, 5.74) is 6.96. The van der Waals surface area contributed by atoms with Crippen molar-refractivity contribution in [3.8, 4) is 17.3 Å². The van der Waals surface area contributed by atoms with Crippen molar-refractivity contribution in [2.24, 2.45) is 7.05 Å². The average Bonchev–Trinajstić information content (AvgIpc) is 2.65. The average molecular weight is 200 g/mol. The molecule has 0 saturated heterocycles. The Hall–Kier alpha value is -2.42. The second kappa shape index (κ2) is 3.38. The Kier molecular flexibility index (Phi) is 2.06. The van der Waals surface area contributed by atoms with Crippen molar-refractivity contribution in [2.45, 2.75) is 0 Å². The van der Waals surface area contributed by atoms with Gasteiger partial charge in [-0.1, -0.05) is 0 Å². The van der Waals surface area contributed by atoms with E-state index in [2.05, 4.69) is 15.1 Å². The van der Waals surface area contributed by atoms with Crippen molar-refractivity contribution in [3.63, 3.8) is 0 Å². The van der Waals surface area contributed by atoms with Crippen molar-refractivity contribution in [3.05, 3.63) is 24.3 Å². The molecule has 2 rings (SSSR count). The summed E-state index contributed by atoms with van der Waals surface area (Å²) >= 11 is 0. The number of nitrogen functional groups attached to an aromatic ring is 1. The van der Waals surface area contributed by atoms with E-state index < -0.39 is 0 Å². The van der Waals surface area contributed by atoms with E-state index in [1.54, 1.807) is 24.1 Å². The molecule has 6 heteroatoms. The van der Waals surface area contributed by atoms with E-state index in [-0.39, 0.29) is 11.5 Å². The Bertz CT molecular complexity index is 536. The normalized spacial score (nSPS) is 9.87. The van der Waals surface area contributed by atoms with Gasteiger partial charge in [0.05, 0.1) is 12.4 Å². The number of aromatic nitrogens is 4. The van der Waals surface area contributed by atoms with E-state index in [1.165, 1.54) is 6.20 Å². The minimum absolute atomic E-state index is 0.247. The number of nitrogens with zero attached hydrogens (tertiary/aromatic N) is 5. The molecule has 0 aliphatic heterocycles. The lowest BCUT2D eigenvalue weighted by atomic mass is 10.2. The van der Waals surface area contributed by atoms with Gasteiger partial charge in [-0.25, -0.2) is 9.97 Å². The third-order valence-electron chi connectivity index (χ3n) is 1.88. The number of hydrogen-bond acceptors (Lipinski definition) is 5. The Morgan fingerprint density at radius 3 is 2.87 bits per heavy atom. The van der Waals surface area contributed by atoms with Crippen LogP contribution in [0.2, 0.25) is 0 Å². The number of anilines is 1. The highest BCUT2D eigenvalue weighted by Gasteiger charge is 2.10. The van der Waals surface area contributed by atoms with E-state index in [0.717, 1.165) is 5.56 Å². The summed E-state index contributed by atoms with van der Waals surface area (Å²) in [6, 6.07) is 1.96. The molecule has 0 spiro atoms. The van der Waals surface area contributed by atoms with E-state index >= 15 is 0 Å². The highest BCUT2D eigenvalue weighted by atomic mass is 15.2. The van der Waals surface area contributed by atoms with Gasteiger partial charge in [0, 0.05) is 18.8 Å². The minimum atomic E-state index is 0.247. The van der Waals surface area contributed by atoms with Crippen LogP contribution in [0.5, 0.6) is 0 Å². The zero-order valence-corrected chi connectivity index (χ0v) is 8.05. The van der Waals surface area contributed by atoms with Gasteiger partial charge in [0.2, 0.25) is 0 Å². The van der Waals surface area contributed by atoms with Crippen LogP contribution in [-0.2, 0) is 7.05 Å². The second-order valence-electron chi connectivity index (χ2n) is 3.01. The van der Waals surface area contributed by atoms with Gasteiger partial charge in [-0.2, -0.15) is 10.4 Å². The van der Waals surface area contributed by atoms with Crippen molar-refractivity contribution in [1.29, 1.82) is 5.26 Å². The quantitative estimate of drug-likeness (QED) is 0.715. The lowest BCUT2D eigenvalue weighted by molar-refractivity contribution is 0.768. The van der Waals surface area contributed by atoms with Gasteiger partial charge >= 0.3 is 0 Å². The van der Waals surface area contributed by atoms with Crippen LogP contribution in [0.1, 0.15) is 5.69 Å². The summed E-state index contributed by atoms with van der Waals surface area (Å²) in [6.07, 6.45) is 4.73. The molecular weight excluding hydrogens is 192 g/mol. The van der Waals surface area contributed by atoms with Gasteiger partial charge < -0.3 is 5.73 Å². The van der Waals surface area contributed by atoms with Crippen molar-refractivity contribution < 1.29 is 0 Å². The third-order valence-corrected chi connectivity index (χ3v) is 1.88. The number of nitrogens with two attached hydrogens (primary N) is 1. The smallest absolute Gasteiger partial charge is 0.167 e. The summed E-state index contributed by atoms with van der Waals surface area (Å²) < 4.78 is 1.63. The fourth-order valence-corrected chi connectivity index (χ4v) is 1.23. The van der Waals surface area contributed by atoms with Gasteiger partial charge in [0.25, 0.3) is 0 Å². The summed E-state index contributed by atoms with van der Waals surface area (Å²) in [7, 11) is 1.79. The molecule has 15 heavy (non-hydrogen) atoms. The van der Waals surface area contributed by atoms with Crippen LogP contribution in [0.3, 0.4) is 0 Å². The van der Waals surface area contributed by atoms with Crippen molar-refractivity contribution in [1.82, 2.24) is 19.7 Å². The van der Waals surface area contributed by atoms with Gasteiger partial charge in [-0.15, -0.1) is 0 Å². The lowest BCUT2D eigenvalue weighted by Gasteiger charge is -1.99. The van der Waals surface area contributed by atoms with E-state index in [4.69, 9.17) is 11.0 Å². The Morgan fingerprint density at radius 1 is 1.47 bits per heavy atom. The maximum absolute atomic E-state index is 8.86. The van der Waals surface area contributed by atoms with Crippen LogP contribution in [0, 0.1) is 11.3 Å². The molecule has 0 bridgehead atoms. The first-order valence-electron chi connectivity index (χ1n) is 4.22. The number of hydrogen-bond donors (Lipinski definition) is 1. The predicted octanol–water partition coefficient (Wildman–Crippen LogP) is 0.331. The van der Waals surface area contributed by atoms with Gasteiger partial charge in [-0.05, 0) is 0 Å². The first kappa shape index (κ1) is 9.15. The zero-order chi connectivity index (χ0) is 10.8. The SMILES string of the molecule is Cn1cc(-c2nc(N)cnc2C#N)cn1. The summed E-state index contributed by atoms with van der Waals surface area (Å²) in [5.74, 6) is 0.285. The minimum Gasteiger partial charge on any atom is -0.382 e. The molecule has 2 aromatic rings. The summed E-state index contributed by atoms with van der Waals surface area (Å²) in [4.78, 5) is 7.96. The molecular formula is C9H8N6. The van der Waals surface area contributed by atoms with E-state index in [1.807, 2.05) is 6.07 Å².